The van der Waals surface area contributed by atoms with E-state index >= 15 is 0 Å². The molecule has 2 aromatic heterocycles. The SMILES string of the molecule is Cc1cc2c(n1C)CCCC2Nc1ncnc2ccc(S(C)(=O)=O)cc12. The van der Waals surface area contributed by atoms with Crippen LogP contribution in [0.5, 0.6) is 0 Å². The molecule has 1 aliphatic carbocycles. The second-order valence-electron chi connectivity index (χ2n) is 7.01. The molecule has 1 aromatic carbocycles. The lowest BCUT2D eigenvalue weighted by Crippen LogP contribution is -2.18. The molecule has 0 spiro atoms. The average molecular weight is 370 g/mol. The average Bonchev–Trinajstić information content (AvgIpc) is 2.90. The van der Waals surface area contributed by atoms with Crippen molar-refractivity contribution in [3.63, 3.8) is 0 Å². The van der Waals surface area contributed by atoms with E-state index in [0.717, 1.165) is 30.2 Å². The van der Waals surface area contributed by atoms with Crippen LogP contribution in [0.4, 0.5) is 5.82 Å². The number of aryl methyl sites for hydroxylation is 1. The van der Waals surface area contributed by atoms with Crippen molar-refractivity contribution in [2.45, 2.75) is 37.1 Å². The summed E-state index contributed by atoms with van der Waals surface area (Å²) in [6, 6.07) is 7.38. The zero-order valence-corrected chi connectivity index (χ0v) is 16.0. The second-order valence-corrected chi connectivity index (χ2v) is 9.03. The van der Waals surface area contributed by atoms with Crippen molar-refractivity contribution in [2.75, 3.05) is 11.6 Å². The van der Waals surface area contributed by atoms with E-state index in [1.54, 1.807) is 18.2 Å². The van der Waals surface area contributed by atoms with E-state index in [2.05, 4.69) is 39.9 Å². The number of anilines is 1. The lowest BCUT2D eigenvalue weighted by molar-refractivity contribution is 0.577. The standard InChI is InChI=1S/C19H22N4O2S/c1-12-9-14-17(5-4-6-18(14)23(12)2)22-19-15-10-13(26(3,24)25)7-8-16(15)20-11-21-19/h7-11,17H,4-6H2,1-3H3,(H,20,21,22). The minimum Gasteiger partial charge on any atom is -0.363 e. The maximum absolute atomic E-state index is 11.9. The predicted octanol–water partition coefficient (Wildman–Crippen LogP) is 3.17. The molecule has 0 bridgehead atoms. The monoisotopic (exact) mass is 370 g/mol. The van der Waals surface area contributed by atoms with Crippen LogP contribution in [0.2, 0.25) is 0 Å². The number of sulfone groups is 1. The first-order valence-corrected chi connectivity index (χ1v) is 10.6. The van der Waals surface area contributed by atoms with Crippen LogP contribution in [-0.4, -0.2) is 29.2 Å². The quantitative estimate of drug-likeness (QED) is 0.766. The maximum atomic E-state index is 11.9. The van der Waals surface area contributed by atoms with Gasteiger partial charge in [-0.3, -0.25) is 0 Å². The van der Waals surface area contributed by atoms with Gasteiger partial charge in [-0.2, -0.15) is 0 Å². The summed E-state index contributed by atoms with van der Waals surface area (Å²) in [6.07, 6.45) is 5.95. The molecule has 1 aliphatic rings. The summed E-state index contributed by atoms with van der Waals surface area (Å²) in [5, 5.41) is 4.27. The van der Waals surface area contributed by atoms with E-state index in [9.17, 15) is 8.42 Å². The number of nitrogens with zero attached hydrogens (tertiary/aromatic N) is 3. The molecule has 7 heteroatoms. The van der Waals surface area contributed by atoms with E-state index in [0.29, 0.717) is 5.82 Å². The Morgan fingerprint density at radius 2 is 2.04 bits per heavy atom. The molecule has 136 valence electrons. The summed E-state index contributed by atoms with van der Waals surface area (Å²) in [4.78, 5) is 8.95. The fourth-order valence-corrected chi connectivity index (χ4v) is 4.40. The molecule has 0 amide bonds. The Kier molecular flexibility index (Phi) is 3.99. The highest BCUT2D eigenvalue weighted by molar-refractivity contribution is 7.90. The number of benzene rings is 1. The molecular weight excluding hydrogens is 348 g/mol. The van der Waals surface area contributed by atoms with Gasteiger partial charge in [-0.1, -0.05) is 0 Å². The highest BCUT2D eigenvalue weighted by Crippen LogP contribution is 2.35. The second kappa shape index (κ2) is 6.09. The highest BCUT2D eigenvalue weighted by atomic mass is 32.2. The van der Waals surface area contributed by atoms with Crippen molar-refractivity contribution in [3.8, 4) is 0 Å². The largest absolute Gasteiger partial charge is 0.363 e. The Labute approximate surface area is 153 Å². The first kappa shape index (κ1) is 17.0. The predicted molar refractivity (Wildman–Crippen MR) is 102 cm³/mol. The van der Waals surface area contributed by atoms with Gasteiger partial charge in [0.05, 0.1) is 16.5 Å². The number of hydrogen-bond donors (Lipinski definition) is 1. The topological polar surface area (TPSA) is 76.9 Å². The Balaban J connectivity index is 1.78. The summed E-state index contributed by atoms with van der Waals surface area (Å²) in [5.74, 6) is 0.680. The van der Waals surface area contributed by atoms with Crippen molar-refractivity contribution in [1.29, 1.82) is 0 Å². The molecule has 4 rings (SSSR count). The van der Waals surface area contributed by atoms with Crippen LogP contribution in [0.15, 0.2) is 35.5 Å². The van der Waals surface area contributed by atoms with E-state index in [1.807, 2.05) is 0 Å². The molecule has 0 aliphatic heterocycles. The van der Waals surface area contributed by atoms with Crippen molar-refractivity contribution >= 4 is 26.6 Å². The third-order valence-electron chi connectivity index (χ3n) is 5.26. The van der Waals surface area contributed by atoms with Crippen molar-refractivity contribution in [2.24, 2.45) is 7.05 Å². The van der Waals surface area contributed by atoms with Gasteiger partial charge in [-0.05, 0) is 56.0 Å². The molecule has 3 aromatic rings. The van der Waals surface area contributed by atoms with Crippen LogP contribution in [-0.2, 0) is 23.3 Å². The lowest BCUT2D eigenvalue weighted by atomic mass is 9.92. The molecule has 0 radical (unpaired) electrons. The number of hydrogen-bond acceptors (Lipinski definition) is 5. The molecule has 0 saturated heterocycles. The first-order valence-electron chi connectivity index (χ1n) is 8.71. The van der Waals surface area contributed by atoms with Gasteiger partial charge in [-0.15, -0.1) is 0 Å². The summed E-state index contributed by atoms with van der Waals surface area (Å²) in [7, 11) is -1.18. The molecule has 1 atom stereocenters. The van der Waals surface area contributed by atoms with Crippen LogP contribution in [0.25, 0.3) is 10.9 Å². The molecule has 0 saturated carbocycles. The van der Waals surface area contributed by atoms with Crippen LogP contribution < -0.4 is 5.32 Å². The lowest BCUT2D eigenvalue weighted by Gasteiger charge is -2.25. The molecular formula is C19H22N4O2S. The van der Waals surface area contributed by atoms with Gasteiger partial charge in [0, 0.05) is 30.1 Å². The Hall–Kier alpha value is -2.41. The van der Waals surface area contributed by atoms with E-state index in [-0.39, 0.29) is 10.9 Å². The molecule has 1 unspecified atom stereocenters. The Morgan fingerprint density at radius 1 is 1.23 bits per heavy atom. The first-order chi connectivity index (χ1) is 12.3. The minimum absolute atomic E-state index is 0.165. The van der Waals surface area contributed by atoms with Crippen molar-refractivity contribution in [1.82, 2.24) is 14.5 Å². The number of aromatic nitrogens is 3. The van der Waals surface area contributed by atoms with Gasteiger partial charge in [0.2, 0.25) is 0 Å². The van der Waals surface area contributed by atoms with Crippen molar-refractivity contribution in [3.05, 3.63) is 47.5 Å². The van der Waals surface area contributed by atoms with Crippen molar-refractivity contribution < 1.29 is 8.42 Å². The molecule has 26 heavy (non-hydrogen) atoms. The summed E-state index contributed by atoms with van der Waals surface area (Å²) in [6.45, 7) is 2.12. The molecule has 6 nitrogen and oxygen atoms in total. The third kappa shape index (κ3) is 2.86. The normalized spacial score (nSPS) is 17.3. The fraction of sp³-hybridized carbons (Fsp3) is 0.368. The van der Waals surface area contributed by atoms with Gasteiger partial charge in [0.25, 0.3) is 0 Å². The van der Waals surface area contributed by atoms with Crippen LogP contribution in [0.3, 0.4) is 0 Å². The van der Waals surface area contributed by atoms with Gasteiger partial charge < -0.3 is 9.88 Å². The minimum atomic E-state index is -3.28. The van der Waals surface area contributed by atoms with Crippen LogP contribution in [0, 0.1) is 6.92 Å². The Bertz CT molecular complexity index is 1100. The zero-order chi connectivity index (χ0) is 18.5. The maximum Gasteiger partial charge on any atom is 0.175 e. The molecule has 1 N–H and O–H groups in total. The van der Waals surface area contributed by atoms with Gasteiger partial charge in [0.15, 0.2) is 9.84 Å². The number of fused-ring (bicyclic) bond motifs is 2. The van der Waals surface area contributed by atoms with Gasteiger partial charge in [0.1, 0.15) is 12.1 Å². The molecule has 2 heterocycles. The van der Waals surface area contributed by atoms with Crippen LogP contribution >= 0.6 is 0 Å². The van der Waals surface area contributed by atoms with Gasteiger partial charge >= 0.3 is 0 Å². The van der Waals surface area contributed by atoms with E-state index in [1.165, 1.54) is 29.5 Å². The Morgan fingerprint density at radius 3 is 2.81 bits per heavy atom. The molecule has 0 fully saturated rings. The third-order valence-corrected chi connectivity index (χ3v) is 6.37. The van der Waals surface area contributed by atoms with E-state index in [4.69, 9.17) is 0 Å². The van der Waals surface area contributed by atoms with Crippen LogP contribution in [0.1, 0.15) is 35.8 Å². The summed E-state index contributed by atoms with van der Waals surface area (Å²) < 4.78 is 26.1. The van der Waals surface area contributed by atoms with E-state index < -0.39 is 9.84 Å². The van der Waals surface area contributed by atoms with Gasteiger partial charge in [-0.25, -0.2) is 18.4 Å². The highest BCUT2D eigenvalue weighted by Gasteiger charge is 2.24. The number of nitrogens with one attached hydrogen (secondary N) is 1. The zero-order valence-electron chi connectivity index (χ0n) is 15.2. The fourth-order valence-electron chi connectivity index (χ4n) is 3.75. The number of rotatable bonds is 3. The smallest absolute Gasteiger partial charge is 0.175 e. The summed E-state index contributed by atoms with van der Waals surface area (Å²) >= 11 is 0. The summed E-state index contributed by atoms with van der Waals surface area (Å²) in [5.41, 5.74) is 4.65.